The lowest BCUT2D eigenvalue weighted by Gasteiger charge is -2.39. The lowest BCUT2D eigenvalue weighted by molar-refractivity contribution is -0.125. The van der Waals surface area contributed by atoms with Gasteiger partial charge in [-0.05, 0) is 33.6 Å². The minimum absolute atomic E-state index is 0.0873. The second-order valence-corrected chi connectivity index (χ2v) is 5.70. The van der Waals surface area contributed by atoms with Crippen LogP contribution in [0.25, 0.3) is 0 Å². The van der Waals surface area contributed by atoms with Crippen molar-refractivity contribution in [2.75, 3.05) is 13.2 Å². The van der Waals surface area contributed by atoms with Crippen molar-refractivity contribution in [1.82, 2.24) is 4.90 Å². The summed E-state index contributed by atoms with van der Waals surface area (Å²) in [5.74, 6) is 0.456. The zero-order chi connectivity index (χ0) is 11.8. The predicted octanol–water partition coefficient (Wildman–Crippen LogP) is 2.00. The molecule has 2 atom stereocenters. The Morgan fingerprint density at radius 1 is 1.31 bits per heavy atom. The van der Waals surface area contributed by atoms with Gasteiger partial charge in [0.1, 0.15) is 5.78 Å². The van der Waals surface area contributed by atoms with Gasteiger partial charge in [-0.3, -0.25) is 9.69 Å². The third kappa shape index (κ3) is 2.46. The molecule has 92 valence electrons. The van der Waals surface area contributed by atoms with Crippen LogP contribution in [0, 0.1) is 0 Å². The Morgan fingerprint density at radius 3 is 2.38 bits per heavy atom. The minimum atomic E-state index is -0.0873. The van der Waals surface area contributed by atoms with E-state index in [9.17, 15) is 4.79 Å². The quantitative estimate of drug-likeness (QED) is 0.733. The lowest BCUT2D eigenvalue weighted by Crippen LogP contribution is -2.50. The fourth-order valence-electron chi connectivity index (χ4n) is 3.20. The van der Waals surface area contributed by atoms with Crippen LogP contribution >= 0.6 is 0 Å². The first-order valence-electron chi connectivity index (χ1n) is 6.43. The van der Waals surface area contributed by atoms with E-state index in [0.29, 0.717) is 17.9 Å². The molecule has 0 radical (unpaired) electrons. The van der Waals surface area contributed by atoms with Crippen molar-refractivity contribution in [2.45, 2.75) is 64.1 Å². The van der Waals surface area contributed by atoms with Crippen molar-refractivity contribution in [3.8, 4) is 0 Å². The number of ether oxygens (including phenoxy) is 1. The van der Waals surface area contributed by atoms with Gasteiger partial charge in [-0.1, -0.05) is 0 Å². The number of hydrogen-bond acceptors (Lipinski definition) is 3. The number of fused-ring (bicyclic) bond motifs is 2. The van der Waals surface area contributed by atoms with E-state index >= 15 is 0 Å². The van der Waals surface area contributed by atoms with E-state index < -0.39 is 0 Å². The van der Waals surface area contributed by atoms with Crippen LogP contribution in [0.5, 0.6) is 0 Å². The largest absolute Gasteiger partial charge is 0.375 e. The highest BCUT2D eigenvalue weighted by Gasteiger charge is 2.42. The monoisotopic (exact) mass is 225 g/mol. The molecule has 0 N–H and O–H groups in total. The average Bonchev–Trinajstić information content (AvgIpc) is 2.44. The highest BCUT2D eigenvalue weighted by Crippen LogP contribution is 2.35. The van der Waals surface area contributed by atoms with E-state index in [2.05, 4.69) is 18.7 Å². The first-order valence-corrected chi connectivity index (χ1v) is 6.43. The van der Waals surface area contributed by atoms with Gasteiger partial charge in [0.2, 0.25) is 0 Å². The molecule has 2 aliphatic heterocycles. The van der Waals surface area contributed by atoms with Gasteiger partial charge in [0.15, 0.2) is 0 Å². The number of ketones is 1. The topological polar surface area (TPSA) is 29.5 Å². The molecule has 2 bridgehead atoms. The lowest BCUT2D eigenvalue weighted by atomic mass is 9.98. The number of rotatable bonds is 4. The van der Waals surface area contributed by atoms with Crippen LogP contribution in [0.15, 0.2) is 0 Å². The van der Waals surface area contributed by atoms with E-state index in [1.807, 2.05) is 6.92 Å². The second kappa shape index (κ2) is 4.46. The van der Waals surface area contributed by atoms with Crippen molar-refractivity contribution in [2.24, 2.45) is 0 Å². The average molecular weight is 225 g/mol. The Hall–Kier alpha value is -0.410. The molecule has 0 aromatic rings. The van der Waals surface area contributed by atoms with Crippen molar-refractivity contribution >= 4 is 5.78 Å². The van der Waals surface area contributed by atoms with Crippen LogP contribution in [-0.2, 0) is 9.53 Å². The molecule has 2 rings (SSSR count). The number of Topliss-reactive ketones (excluding diaryl/α,β-unsaturated/α-hetero) is 1. The summed E-state index contributed by atoms with van der Waals surface area (Å²) in [6, 6.07) is 0.983. The molecule has 2 aliphatic rings. The van der Waals surface area contributed by atoms with Gasteiger partial charge in [0, 0.05) is 38.1 Å². The molecular weight excluding hydrogens is 202 g/mol. The van der Waals surface area contributed by atoms with Gasteiger partial charge < -0.3 is 4.74 Å². The first-order chi connectivity index (χ1) is 7.52. The van der Waals surface area contributed by atoms with Crippen LogP contribution in [0.2, 0.25) is 0 Å². The summed E-state index contributed by atoms with van der Waals surface area (Å²) in [6.45, 7) is 8.05. The summed E-state index contributed by atoms with van der Waals surface area (Å²) in [7, 11) is 0. The number of piperidine rings is 1. The molecule has 3 nitrogen and oxygen atoms in total. The molecule has 0 aromatic carbocycles. The SMILES string of the molecule is CCOC(C)(C)CN1C2CCC1CC(=O)C2. The fourth-order valence-corrected chi connectivity index (χ4v) is 3.20. The smallest absolute Gasteiger partial charge is 0.136 e. The van der Waals surface area contributed by atoms with E-state index in [1.165, 1.54) is 12.8 Å². The van der Waals surface area contributed by atoms with E-state index in [0.717, 1.165) is 26.0 Å². The molecule has 0 amide bonds. The van der Waals surface area contributed by atoms with Crippen molar-refractivity contribution < 1.29 is 9.53 Å². The fraction of sp³-hybridized carbons (Fsp3) is 0.923. The molecular formula is C13H23NO2. The molecule has 2 unspecified atom stereocenters. The van der Waals surface area contributed by atoms with E-state index in [4.69, 9.17) is 4.74 Å². The zero-order valence-electron chi connectivity index (χ0n) is 10.7. The Balaban J connectivity index is 1.98. The van der Waals surface area contributed by atoms with Gasteiger partial charge >= 0.3 is 0 Å². The maximum absolute atomic E-state index is 11.5. The maximum atomic E-state index is 11.5. The molecule has 2 heterocycles. The Kier molecular flexibility index (Phi) is 3.36. The second-order valence-electron chi connectivity index (χ2n) is 5.70. The summed E-state index contributed by atoms with van der Waals surface area (Å²) < 4.78 is 5.76. The predicted molar refractivity (Wildman–Crippen MR) is 63.5 cm³/mol. The van der Waals surface area contributed by atoms with Crippen molar-refractivity contribution in [3.05, 3.63) is 0 Å². The highest BCUT2D eigenvalue weighted by molar-refractivity contribution is 5.80. The highest BCUT2D eigenvalue weighted by atomic mass is 16.5. The first kappa shape index (κ1) is 12.1. The molecule has 0 aromatic heterocycles. The van der Waals surface area contributed by atoms with Crippen LogP contribution < -0.4 is 0 Å². The molecule has 16 heavy (non-hydrogen) atoms. The van der Waals surface area contributed by atoms with Crippen molar-refractivity contribution in [1.29, 1.82) is 0 Å². The minimum Gasteiger partial charge on any atom is -0.375 e. The van der Waals surface area contributed by atoms with Gasteiger partial charge in [0.05, 0.1) is 5.60 Å². The van der Waals surface area contributed by atoms with Gasteiger partial charge in [-0.15, -0.1) is 0 Å². The van der Waals surface area contributed by atoms with Gasteiger partial charge in [-0.25, -0.2) is 0 Å². The van der Waals surface area contributed by atoms with E-state index in [1.54, 1.807) is 0 Å². The Bertz CT molecular complexity index is 259. The van der Waals surface area contributed by atoms with Crippen LogP contribution in [-0.4, -0.2) is 41.5 Å². The summed E-state index contributed by atoms with van der Waals surface area (Å²) in [5, 5.41) is 0. The van der Waals surface area contributed by atoms with Gasteiger partial charge in [0.25, 0.3) is 0 Å². The normalized spacial score (nSPS) is 31.1. The summed E-state index contributed by atoms with van der Waals surface area (Å²) in [6.07, 6.45) is 3.91. The number of nitrogens with zero attached hydrogens (tertiary/aromatic N) is 1. The van der Waals surface area contributed by atoms with Gasteiger partial charge in [-0.2, -0.15) is 0 Å². The van der Waals surface area contributed by atoms with Crippen molar-refractivity contribution in [3.63, 3.8) is 0 Å². The summed E-state index contributed by atoms with van der Waals surface area (Å²) >= 11 is 0. The third-order valence-corrected chi connectivity index (χ3v) is 3.80. The zero-order valence-corrected chi connectivity index (χ0v) is 10.7. The number of carbonyl (C=O) groups excluding carboxylic acids is 1. The molecule has 0 saturated carbocycles. The molecule has 2 fully saturated rings. The Morgan fingerprint density at radius 2 is 1.88 bits per heavy atom. The van der Waals surface area contributed by atoms with E-state index in [-0.39, 0.29) is 5.60 Å². The van der Waals surface area contributed by atoms with Crippen LogP contribution in [0.3, 0.4) is 0 Å². The third-order valence-electron chi connectivity index (χ3n) is 3.80. The maximum Gasteiger partial charge on any atom is 0.136 e. The number of carbonyl (C=O) groups is 1. The molecule has 2 saturated heterocycles. The molecule has 3 heteroatoms. The molecule has 0 aliphatic carbocycles. The van der Waals surface area contributed by atoms with Crippen LogP contribution in [0.4, 0.5) is 0 Å². The Labute approximate surface area is 98.1 Å². The van der Waals surface area contributed by atoms with Crippen LogP contribution in [0.1, 0.15) is 46.5 Å². The number of hydrogen-bond donors (Lipinski definition) is 0. The summed E-state index contributed by atoms with van der Waals surface area (Å²) in [4.78, 5) is 14.0. The summed E-state index contributed by atoms with van der Waals surface area (Å²) in [5.41, 5.74) is -0.0873. The standard InChI is InChI=1S/C13H23NO2/c1-4-16-13(2,3)9-14-10-5-6-11(14)8-12(15)7-10/h10-11H,4-9H2,1-3H3. The molecule has 0 spiro atoms.